The molecule has 0 amide bonds. The SMILES string of the molecule is CCCNC1CCCC(c2ccnn2CC)C1. The molecule has 1 aromatic heterocycles. The lowest BCUT2D eigenvalue weighted by molar-refractivity contribution is 0.329. The molecule has 1 aromatic rings. The first kappa shape index (κ1) is 12.6. The van der Waals surface area contributed by atoms with Gasteiger partial charge in [0.2, 0.25) is 0 Å². The minimum Gasteiger partial charge on any atom is -0.314 e. The molecule has 0 aliphatic heterocycles. The maximum absolute atomic E-state index is 4.39. The van der Waals surface area contributed by atoms with Crippen molar-refractivity contribution in [3.8, 4) is 0 Å². The topological polar surface area (TPSA) is 29.9 Å². The predicted octanol–water partition coefficient (Wildman–Crippen LogP) is 2.93. The molecule has 2 rings (SSSR count). The summed E-state index contributed by atoms with van der Waals surface area (Å²) in [4.78, 5) is 0. The normalized spacial score (nSPS) is 25.1. The van der Waals surface area contributed by atoms with Crippen molar-refractivity contribution in [1.82, 2.24) is 15.1 Å². The van der Waals surface area contributed by atoms with E-state index in [1.807, 2.05) is 6.20 Å². The first-order valence-electron chi connectivity index (χ1n) is 7.10. The molecule has 1 aliphatic carbocycles. The van der Waals surface area contributed by atoms with Crippen molar-refractivity contribution in [2.75, 3.05) is 6.54 Å². The summed E-state index contributed by atoms with van der Waals surface area (Å²) in [5.41, 5.74) is 1.44. The third-order valence-electron chi connectivity index (χ3n) is 3.82. The van der Waals surface area contributed by atoms with Crippen LogP contribution in [0.15, 0.2) is 12.3 Å². The van der Waals surface area contributed by atoms with Crippen LogP contribution < -0.4 is 5.32 Å². The Labute approximate surface area is 105 Å². The van der Waals surface area contributed by atoms with E-state index in [-0.39, 0.29) is 0 Å². The third-order valence-corrected chi connectivity index (χ3v) is 3.82. The highest BCUT2D eigenvalue weighted by Gasteiger charge is 2.24. The van der Waals surface area contributed by atoms with Gasteiger partial charge in [0.05, 0.1) is 0 Å². The van der Waals surface area contributed by atoms with E-state index in [0.717, 1.165) is 13.1 Å². The maximum Gasteiger partial charge on any atom is 0.0492 e. The highest BCUT2D eigenvalue weighted by Crippen LogP contribution is 2.32. The largest absolute Gasteiger partial charge is 0.314 e. The lowest BCUT2D eigenvalue weighted by Crippen LogP contribution is -2.34. The van der Waals surface area contributed by atoms with Crippen LogP contribution in [0.3, 0.4) is 0 Å². The van der Waals surface area contributed by atoms with Gasteiger partial charge in [0, 0.05) is 30.4 Å². The van der Waals surface area contributed by atoms with Crippen molar-refractivity contribution < 1.29 is 0 Å². The Morgan fingerprint density at radius 1 is 1.41 bits per heavy atom. The van der Waals surface area contributed by atoms with E-state index in [9.17, 15) is 0 Å². The Morgan fingerprint density at radius 3 is 3.06 bits per heavy atom. The average Bonchev–Trinajstić information content (AvgIpc) is 2.85. The zero-order valence-corrected chi connectivity index (χ0v) is 11.2. The van der Waals surface area contributed by atoms with Crippen LogP contribution in [0.4, 0.5) is 0 Å². The molecule has 1 N–H and O–H groups in total. The van der Waals surface area contributed by atoms with Crippen molar-refractivity contribution in [3.63, 3.8) is 0 Å². The molecule has 1 fully saturated rings. The smallest absolute Gasteiger partial charge is 0.0492 e. The quantitative estimate of drug-likeness (QED) is 0.850. The van der Waals surface area contributed by atoms with E-state index in [1.165, 1.54) is 37.8 Å². The van der Waals surface area contributed by atoms with Gasteiger partial charge in [0.25, 0.3) is 0 Å². The maximum atomic E-state index is 4.39. The van der Waals surface area contributed by atoms with Crippen LogP contribution in [0, 0.1) is 0 Å². The molecule has 1 aliphatic rings. The van der Waals surface area contributed by atoms with Crippen LogP contribution >= 0.6 is 0 Å². The molecule has 0 aromatic carbocycles. The summed E-state index contributed by atoms with van der Waals surface area (Å²) in [5.74, 6) is 0.709. The fourth-order valence-corrected chi connectivity index (χ4v) is 2.95. The zero-order valence-electron chi connectivity index (χ0n) is 11.2. The van der Waals surface area contributed by atoms with E-state index in [0.29, 0.717) is 12.0 Å². The summed E-state index contributed by atoms with van der Waals surface area (Å²) in [5, 5.41) is 8.06. The number of rotatable bonds is 5. The molecule has 0 radical (unpaired) electrons. The third kappa shape index (κ3) is 3.09. The van der Waals surface area contributed by atoms with Gasteiger partial charge in [-0.05, 0) is 45.2 Å². The van der Waals surface area contributed by atoms with Gasteiger partial charge in [-0.2, -0.15) is 5.10 Å². The molecule has 3 heteroatoms. The lowest BCUT2D eigenvalue weighted by Gasteiger charge is -2.30. The second-order valence-electron chi connectivity index (χ2n) is 5.09. The minimum absolute atomic E-state index is 0.709. The van der Waals surface area contributed by atoms with Crippen LogP contribution in [0.5, 0.6) is 0 Å². The van der Waals surface area contributed by atoms with Crippen LogP contribution in [-0.4, -0.2) is 22.4 Å². The van der Waals surface area contributed by atoms with Crippen LogP contribution in [0.25, 0.3) is 0 Å². The van der Waals surface area contributed by atoms with Gasteiger partial charge in [0.15, 0.2) is 0 Å². The molecule has 1 heterocycles. The molecule has 2 unspecified atom stereocenters. The van der Waals surface area contributed by atoms with E-state index >= 15 is 0 Å². The Morgan fingerprint density at radius 2 is 2.29 bits per heavy atom. The van der Waals surface area contributed by atoms with Gasteiger partial charge in [-0.1, -0.05) is 13.3 Å². The fourth-order valence-electron chi connectivity index (χ4n) is 2.95. The number of hydrogen-bond donors (Lipinski definition) is 1. The van der Waals surface area contributed by atoms with E-state index in [4.69, 9.17) is 0 Å². The summed E-state index contributed by atoms with van der Waals surface area (Å²) in [6, 6.07) is 2.92. The molecule has 0 spiro atoms. The second kappa shape index (κ2) is 6.20. The molecule has 1 saturated carbocycles. The molecule has 96 valence electrons. The summed E-state index contributed by atoms with van der Waals surface area (Å²) < 4.78 is 2.16. The molecule has 0 bridgehead atoms. The molecular formula is C14H25N3. The van der Waals surface area contributed by atoms with Crippen molar-refractivity contribution >= 4 is 0 Å². The first-order chi connectivity index (χ1) is 8.35. The number of hydrogen-bond acceptors (Lipinski definition) is 2. The minimum atomic E-state index is 0.709. The summed E-state index contributed by atoms with van der Waals surface area (Å²) in [6.07, 6.45) is 8.48. The monoisotopic (exact) mass is 235 g/mol. The van der Waals surface area contributed by atoms with E-state index in [2.05, 4.69) is 35.0 Å². The van der Waals surface area contributed by atoms with Gasteiger partial charge >= 0.3 is 0 Å². The Hall–Kier alpha value is -0.830. The highest BCUT2D eigenvalue weighted by molar-refractivity contribution is 5.09. The Kier molecular flexibility index (Phi) is 4.60. The number of nitrogens with zero attached hydrogens (tertiary/aromatic N) is 2. The summed E-state index contributed by atoms with van der Waals surface area (Å²) in [7, 11) is 0. The fraction of sp³-hybridized carbons (Fsp3) is 0.786. The van der Waals surface area contributed by atoms with Gasteiger partial charge in [-0.15, -0.1) is 0 Å². The molecule has 2 atom stereocenters. The Balaban J connectivity index is 1.97. The van der Waals surface area contributed by atoms with Crippen LogP contribution in [-0.2, 0) is 6.54 Å². The predicted molar refractivity (Wildman–Crippen MR) is 71.2 cm³/mol. The van der Waals surface area contributed by atoms with Gasteiger partial charge in [-0.25, -0.2) is 0 Å². The first-order valence-corrected chi connectivity index (χ1v) is 7.10. The average molecular weight is 235 g/mol. The van der Waals surface area contributed by atoms with Crippen molar-refractivity contribution in [2.24, 2.45) is 0 Å². The van der Waals surface area contributed by atoms with E-state index < -0.39 is 0 Å². The zero-order chi connectivity index (χ0) is 12.1. The standard InChI is InChI=1S/C14H25N3/c1-3-9-15-13-7-5-6-12(11-13)14-8-10-16-17(14)4-2/h8,10,12-13,15H,3-7,9,11H2,1-2H3. The number of aromatic nitrogens is 2. The molecule has 17 heavy (non-hydrogen) atoms. The molecule has 0 saturated heterocycles. The van der Waals surface area contributed by atoms with Crippen molar-refractivity contribution in [2.45, 2.75) is 64.5 Å². The lowest BCUT2D eigenvalue weighted by atomic mass is 9.83. The second-order valence-corrected chi connectivity index (χ2v) is 5.09. The van der Waals surface area contributed by atoms with E-state index in [1.54, 1.807) is 0 Å². The molecular weight excluding hydrogens is 210 g/mol. The highest BCUT2D eigenvalue weighted by atomic mass is 15.3. The summed E-state index contributed by atoms with van der Waals surface area (Å²) >= 11 is 0. The van der Waals surface area contributed by atoms with Crippen molar-refractivity contribution in [1.29, 1.82) is 0 Å². The van der Waals surface area contributed by atoms with Crippen LogP contribution in [0.1, 0.15) is 57.6 Å². The van der Waals surface area contributed by atoms with Crippen LogP contribution in [0.2, 0.25) is 0 Å². The number of nitrogens with one attached hydrogen (secondary N) is 1. The van der Waals surface area contributed by atoms with Crippen molar-refractivity contribution in [3.05, 3.63) is 18.0 Å². The summed E-state index contributed by atoms with van der Waals surface area (Å²) in [6.45, 7) is 6.56. The molecule has 3 nitrogen and oxygen atoms in total. The Bertz CT molecular complexity index is 332. The van der Waals surface area contributed by atoms with Gasteiger partial charge in [-0.3, -0.25) is 4.68 Å². The van der Waals surface area contributed by atoms with Gasteiger partial charge in [0.1, 0.15) is 0 Å². The number of aryl methyl sites for hydroxylation is 1. The van der Waals surface area contributed by atoms with Gasteiger partial charge < -0.3 is 5.32 Å².